The van der Waals surface area contributed by atoms with E-state index in [1.807, 2.05) is 0 Å². The molecule has 0 aliphatic heterocycles. The highest BCUT2D eigenvalue weighted by Crippen LogP contribution is 2.30. The molecule has 0 aromatic heterocycles. The van der Waals surface area contributed by atoms with E-state index in [0.29, 0.717) is 21.5 Å². The Balaban J connectivity index is 2.33. The minimum atomic E-state index is -3.65. The fraction of sp³-hybridized carbons (Fsp3) is 0.250. The van der Waals surface area contributed by atoms with Crippen molar-refractivity contribution in [3.8, 4) is 11.5 Å². The van der Waals surface area contributed by atoms with Gasteiger partial charge in [-0.1, -0.05) is 22.0 Å². The van der Waals surface area contributed by atoms with Crippen LogP contribution in [0.4, 0.5) is 0 Å². The van der Waals surface area contributed by atoms with E-state index in [1.165, 1.54) is 0 Å². The molecule has 0 saturated carbocycles. The molecule has 2 rings (SSSR count). The monoisotopic (exact) mass is 399 g/mol. The van der Waals surface area contributed by atoms with Crippen LogP contribution in [0.5, 0.6) is 11.5 Å². The van der Waals surface area contributed by atoms with Crippen LogP contribution in [0.15, 0.2) is 51.8 Å². The molecule has 0 fully saturated rings. The fourth-order valence-electron chi connectivity index (χ4n) is 2.18. The molecule has 7 heteroatoms. The standard InChI is InChI=1S/C16H18BrNO4S/c1-11(15-10-13(21-2)7-8-16(15)22-3)18-23(19,20)14-6-4-5-12(17)9-14/h4-11,18H,1-3H3. The second-order valence-corrected chi connectivity index (χ2v) is 7.54. The zero-order chi connectivity index (χ0) is 17.0. The molecule has 0 heterocycles. The van der Waals surface area contributed by atoms with E-state index in [0.717, 1.165) is 0 Å². The van der Waals surface area contributed by atoms with Crippen molar-refractivity contribution in [2.45, 2.75) is 17.9 Å². The highest BCUT2D eigenvalue weighted by molar-refractivity contribution is 9.10. The lowest BCUT2D eigenvalue weighted by atomic mass is 10.1. The third kappa shape index (κ3) is 4.25. The summed E-state index contributed by atoms with van der Waals surface area (Å²) in [6.07, 6.45) is 0. The van der Waals surface area contributed by atoms with Gasteiger partial charge in [-0.25, -0.2) is 13.1 Å². The SMILES string of the molecule is COc1ccc(OC)c(C(C)NS(=O)(=O)c2cccc(Br)c2)c1. The molecule has 1 unspecified atom stereocenters. The van der Waals surface area contributed by atoms with Crippen LogP contribution in [0.3, 0.4) is 0 Å². The van der Waals surface area contributed by atoms with Crippen molar-refractivity contribution in [2.24, 2.45) is 0 Å². The van der Waals surface area contributed by atoms with Crippen molar-refractivity contribution < 1.29 is 17.9 Å². The van der Waals surface area contributed by atoms with Gasteiger partial charge < -0.3 is 9.47 Å². The van der Waals surface area contributed by atoms with E-state index in [2.05, 4.69) is 20.7 Å². The highest BCUT2D eigenvalue weighted by Gasteiger charge is 2.21. The molecule has 1 N–H and O–H groups in total. The van der Waals surface area contributed by atoms with Crippen LogP contribution in [-0.4, -0.2) is 22.6 Å². The van der Waals surface area contributed by atoms with Gasteiger partial charge in [0.15, 0.2) is 0 Å². The zero-order valence-electron chi connectivity index (χ0n) is 13.0. The number of ether oxygens (including phenoxy) is 2. The first kappa shape index (κ1) is 17.8. The second kappa shape index (κ2) is 7.33. The van der Waals surface area contributed by atoms with Crippen molar-refractivity contribution in [3.05, 3.63) is 52.5 Å². The Hall–Kier alpha value is -1.57. The van der Waals surface area contributed by atoms with Crippen LogP contribution in [0.2, 0.25) is 0 Å². The quantitative estimate of drug-likeness (QED) is 0.806. The number of sulfonamides is 1. The Labute approximate surface area is 144 Å². The van der Waals surface area contributed by atoms with E-state index >= 15 is 0 Å². The fourth-order valence-corrected chi connectivity index (χ4v) is 4.00. The predicted molar refractivity (Wildman–Crippen MR) is 92.4 cm³/mol. The van der Waals surface area contributed by atoms with Gasteiger partial charge in [0.25, 0.3) is 0 Å². The Kier molecular flexibility index (Phi) is 5.67. The normalized spacial score (nSPS) is 12.7. The number of nitrogens with one attached hydrogen (secondary N) is 1. The van der Waals surface area contributed by atoms with Gasteiger partial charge in [0, 0.05) is 16.1 Å². The average molecular weight is 400 g/mol. The lowest BCUT2D eigenvalue weighted by molar-refractivity contribution is 0.395. The largest absolute Gasteiger partial charge is 0.497 e. The summed E-state index contributed by atoms with van der Waals surface area (Å²) in [6, 6.07) is 11.3. The molecule has 0 bridgehead atoms. The van der Waals surface area contributed by atoms with Gasteiger partial charge in [-0.2, -0.15) is 0 Å². The van der Waals surface area contributed by atoms with E-state index < -0.39 is 16.1 Å². The Morgan fingerprint density at radius 2 is 1.83 bits per heavy atom. The summed E-state index contributed by atoms with van der Waals surface area (Å²) in [5.74, 6) is 1.23. The van der Waals surface area contributed by atoms with Gasteiger partial charge in [-0.3, -0.25) is 0 Å². The van der Waals surface area contributed by atoms with Gasteiger partial charge in [-0.05, 0) is 43.3 Å². The number of halogens is 1. The average Bonchev–Trinajstić information content (AvgIpc) is 2.53. The topological polar surface area (TPSA) is 64.6 Å². The summed E-state index contributed by atoms with van der Waals surface area (Å²) in [5.41, 5.74) is 0.699. The summed E-state index contributed by atoms with van der Waals surface area (Å²) in [7, 11) is -0.551. The molecule has 23 heavy (non-hydrogen) atoms. The minimum absolute atomic E-state index is 0.195. The predicted octanol–water partition coefficient (Wildman–Crippen LogP) is 3.51. The molecular formula is C16H18BrNO4S. The number of hydrogen-bond donors (Lipinski definition) is 1. The number of methoxy groups -OCH3 is 2. The van der Waals surface area contributed by atoms with Gasteiger partial charge in [-0.15, -0.1) is 0 Å². The molecular weight excluding hydrogens is 382 g/mol. The molecule has 2 aromatic rings. The maximum atomic E-state index is 12.5. The van der Waals surface area contributed by atoms with Crippen LogP contribution in [-0.2, 0) is 10.0 Å². The number of hydrogen-bond acceptors (Lipinski definition) is 4. The van der Waals surface area contributed by atoms with E-state index in [9.17, 15) is 8.42 Å². The third-order valence-corrected chi connectivity index (χ3v) is 5.37. The summed E-state index contributed by atoms with van der Waals surface area (Å²) in [5, 5.41) is 0. The smallest absolute Gasteiger partial charge is 0.241 e. The van der Waals surface area contributed by atoms with E-state index in [1.54, 1.807) is 63.6 Å². The van der Waals surface area contributed by atoms with Gasteiger partial charge in [0.05, 0.1) is 19.1 Å². The number of benzene rings is 2. The molecule has 124 valence electrons. The third-order valence-electron chi connectivity index (χ3n) is 3.34. The molecule has 2 aromatic carbocycles. The van der Waals surface area contributed by atoms with Crippen molar-refractivity contribution in [1.29, 1.82) is 0 Å². The van der Waals surface area contributed by atoms with E-state index in [4.69, 9.17) is 9.47 Å². The Morgan fingerprint density at radius 3 is 2.43 bits per heavy atom. The Bertz CT molecular complexity index is 792. The van der Waals surface area contributed by atoms with Gasteiger partial charge in [0.2, 0.25) is 10.0 Å². The van der Waals surface area contributed by atoms with E-state index in [-0.39, 0.29) is 4.90 Å². The molecule has 0 radical (unpaired) electrons. The molecule has 5 nitrogen and oxygen atoms in total. The first-order valence-corrected chi connectivity index (χ1v) is 9.15. The molecule has 0 aliphatic rings. The highest BCUT2D eigenvalue weighted by atomic mass is 79.9. The summed E-state index contributed by atoms with van der Waals surface area (Å²) >= 11 is 3.28. The molecule has 0 aliphatic carbocycles. The lowest BCUT2D eigenvalue weighted by Crippen LogP contribution is -2.27. The molecule has 0 amide bonds. The minimum Gasteiger partial charge on any atom is -0.497 e. The van der Waals surface area contributed by atoms with Crippen molar-refractivity contribution in [3.63, 3.8) is 0 Å². The first-order chi connectivity index (χ1) is 10.9. The second-order valence-electron chi connectivity index (χ2n) is 4.91. The van der Waals surface area contributed by atoms with Crippen LogP contribution in [0.1, 0.15) is 18.5 Å². The maximum Gasteiger partial charge on any atom is 0.241 e. The van der Waals surface area contributed by atoms with Crippen LogP contribution >= 0.6 is 15.9 Å². The zero-order valence-corrected chi connectivity index (χ0v) is 15.4. The van der Waals surface area contributed by atoms with Crippen LogP contribution < -0.4 is 14.2 Å². The lowest BCUT2D eigenvalue weighted by Gasteiger charge is -2.18. The summed E-state index contributed by atoms with van der Waals surface area (Å²) in [4.78, 5) is 0.195. The van der Waals surface area contributed by atoms with Gasteiger partial charge >= 0.3 is 0 Å². The molecule has 1 atom stereocenters. The van der Waals surface area contributed by atoms with Crippen molar-refractivity contribution in [2.75, 3.05) is 14.2 Å². The Morgan fingerprint density at radius 1 is 1.09 bits per heavy atom. The summed E-state index contributed by atoms with van der Waals surface area (Å²) < 4.78 is 38.9. The van der Waals surface area contributed by atoms with Crippen molar-refractivity contribution in [1.82, 2.24) is 4.72 Å². The number of rotatable bonds is 6. The van der Waals surface area contributed by atoms with Gasteiger partial charge in [0.1, 0.15) is 11.5 Å². The first-order valence-electron chi connectivity index (χ1n) is 6.87. The summed E-state index contributed by atoms with van der Waals surface area (Å²) in [6.45, 7) is 1.76. The van der Waals surface area contributed by atoms with Crippen LogP contribution in [0.25, 0.3) is 0 Å². The maximum absolute atomic E-state index is 12.5. The van der Waals surface area contributed by atoms with Crippen LogP contribution in [0, 0.1) is 0 Å². The molecule has 0 spiro atoms. The molecule has 0 saturated heterocycles. The van der Waals surface area contributed by atoms with Crippen molar-refractivity contribution >= 4 is 26.0 Å².